The summed E-state index contributed by atoms with van der Waals surface area (Å²) in [6, 6.07) is 1.36. The number of halogens is 2. The van der Waals surface area contributed by atoms with Crippen molar-refractivity contribution in [1.29, 1.82) is 0 Å². The molecular weight excluding hydrogens is 208 g/mol. The summed E-state index contributed by atoms with van der Waals surface area (Å²) >= 11 is 0. The Morgan fingerprint density at radius 1 is 1.40 bits per heavy atom. The number of benzene rings is 1. The largest absolute Gasteiger partial charge is 0.465 e. The second kappa shape index (κ2) is 4.50. The summed E-state index contributed by atoms with van der Waals surface area (Å²) in [6.45, 7) is 0. The van der Waals surface area contributed by atoms with Crippen molar-refractivity contribution in [2.24, 2.45) is 0 Å². The van der Waals surface area contributed by atoms with Gasteiger partial charge in [-0.25, -0.2) is 13.6 Å². The van der Waals surface area contributed by atoms with Crippen molar-refractivity contribution < 1.29 is 23.1 Å². The van der Waals surface area contributed by atoms with Crippen LogP contribution in [0.5, 0.6) is 0 Å². The average Bonchev–Trinajstić information content (AvgIpc) is 2.22. The van der Waals surface area contributed by atoms with Crippen LogP contribution in [0.1, 0.15) is 10.4 Å². The number of rotatable bonds is 3. The third-order valence-corrected chi connectivity index (χ3v) is 1.68. The molecule has 0 saturated heterocycles. The summed E-state index contributed by atoms with van der Waals surface area (Å²) in [5.41, 5.74) is -0.860. The summed E-state index contributed by atoms with van der Waals surface area (Å²) in [7, 11) is 1.05. The Hall–Kier alpha value is -1.98. The fourth-order valence-electron chi connectivity index (χ4n) is 0.987. The minimum absolute atomic E-state index is 0.204. The van der Waals surface area contributed by atoms with Gasteiger partial charge in [0.1, 0.15) is 11.6 Å². The first kappa shape index (κ1) is 11.1. The van der Waals surface area contributed by atoms with Gasteiger partial charge in [0, 0.05) is 6.07 Å². The van der Waals surface area contributed by atoms with Gasteiger partial charge in [0.05, 0.1) is 18.4 Å². The molecule has 15 heavy (non-hydrogen) atoms. The van der Waals surface area contributed by atoms with Crippen molar-refractivity contribution in [2.75, 3.05) is 12.4 Å². The van der Waals surface area contributed by atoms with E-state index in [9.17, 15) is 18.4 Å². The molecule has 0 spiro atoms. The Labute approximate surface area is 83.8 Å². The third-order valence-electron chi connectivity index (χ3n) is 1.68. The normalized spacial score (nSPS) is 9.53. The van der Waals surface area contributed by atoms with Gasteiger partial charge in [0.25, 0.3) is 0 Å². The van der Waals surface area contributed by atoms with Crippen LogP contribution in [0.25, 0.3) is 0 Å². The number of amides is 1. The lowest BCUT2D eigenvalue weighted by molar-refractivity contribution is -0.105. The number of hydrogen-bond donors (Lipinski definition) is 1. The number of ether oxygens (including phenoxy) is 1. The van der Waals surface area contributed by atoms with Crippen LogP contribution >= 0.6 is 0 Å². The molecule has 1 N–H and O–H groups in total. The quantitative estimate of drug-likeness (QED) is 0.611. The number of carbonyl (C=O) groups is 2. The minimum atomic E-state index is -0.982. The molecule has 0 unspecified atom stereocenters. The summed E-state index contributed by atoms with van der Waals surface area (Å²) in [6.07, 6.45) is 0.204. The van der Waals surface area contributed by atoms with E-state index in [-0.39, 0.29) is 12.1 Å². The number of methoxy groups -OCH3 is 1. The predicted molar refractivity (Wildman–Crippen MR) is 47.4 cm³/mol. The zero-order valence-corrected chi connectivity index (χ0v) is 7.71. The van der Waals surface area contributed by atoms with Gasteiger partial charge in [0.2, 0.25) is 6.41 Å². The maximum atomic E-state index is 13.2. The highest BCUT2D eigenvalue weighted by molar-refractivity contribution is 5.90. The van der Waals surface area contributed by atoms with E-state index in [2.05, 4.69) is 4.74 Å². The van der Waals surface area contributed by atoms with E-state index in [1.54, 1.807) is 0 Å². The van der Waals surface area contributed by atoms with Crippen LogP contribution in [-0.2, 0) is 9.53 Å². The highest BCUT2D eigenvalue weighted by Crippen LogP contribution is 2.19. The van der Waals surface area contributed by atoms with Crippen molar-refractivity contribution >= 4 is 18.1 Å². The zero-order chi connectivity index (χ0) is 11.4. The topological polar surface area (TPSA) is 55.4 Å². The molecule has 0 aromatic heterocycles. The molecule has 0 saturated carbocycles. The lowest BCUT2D eigenvalue weighted by atomic mass is 10.2. The van der Waals surface area contributed by atoms with Crippen LogP contribution in [0.4, 0.5) is 14.5 Å². The molecule has 0 aliphatic rings. The van der Waals surface area contributed by atoms with E-state index in [1.807, 2.05) is 5.32 Å². The Morgan fingerprint density at radius 3 is 2.60 bits per heavy atom. The van der Waals surface area contributed by atoms with Gasteiger partial charge < -0.3 is 10.1 Å². The molecule has 0 aliphatic heterocycles. The molecular formula is C9H7F2NO3. The molecule has 0 aliphatic carbocycles. The van der Waals surface area contributed by atoms with Gasteiger partial charge in [-0.3, -0.25) is 4.79 Å². The van der Waals surface area contributed by atoms with E-state index < -0.39 is 23.2 Å². The second-order valence-corrected chi connectivity index (χ2v) is 2.57. The molecule has 6 heteroatoms. The molecule has 0 atom stereocenters. The lowest BCUT2D eigenvalue weighted by Gasteiger charge is -2.05. The van der Waals surface area contributed by atoms with E-state index in [0.29, 0.717) is 12.1 Å². The number of nitrogens with one attached hydrogen (secondary N) is 1. The second-order valence-electron chi connectivity index (χ2n) is 2.57. The van der Waals surface area contributed by atoms with Crippen LogP contribution < -0.4 is 5.32 Å². The first-order chi connectivity index (χ1) is 7.10. The smallest absolute Gasteiger partial charge is 0.340 e. The average molecular weight is 215 g/mol. The fraction of sp³-hybridized carbons (Fsp3) is 0.111. The molecule has 1 amide bonds. The summed E-state index contributed by atoms with van der Waals surface area (Å²) in [4.78, 5) is 21.0. The Kier molecular flexibility index (Phi) is 3.33. The zero-order valence-electron chi connectivity index (χ0n) is 7.71. The molecule has 80 valence electrons. The van der Waals surface area contributed by atoms with Crippen LogP contribution in [0.15, 0.2) is 12.1 Å². The first-order valence-corrected chi connectivity index (χ1v) is 3.87. The fourth-order valence-corrected chi connectivity index (χ4v) is 0.987. The molecule has 4 nitrogen and oxygen atoms in total. The first-order valence-electron chi connectivity index (χ1n) is 3.87. The Balaban J connectivity index is 3.18. The summed E-state index contributed by atoms with van der Waals surface area (Å²) < 4.78 is 30.5. The van der Waals surface area contributed by atoms with Crippen LogP contribution in [0, 0.1) is 11.6 Å². The molecule has 0 heterocycles. The van der Waals surface area contributed by atoms with E-state index >= 15 is 0 Å². The monoisotopic (exact) mass is 215 g/mol. The Bertz CT molecular complexity index is 407. The summed E-state index contributed by atoms with van der Waals surface area (Å²) in [5, 5.41) is 1.95. The molecule has 1 aromatic rings. The standard InChI is InChI=1S/C9H7F2NO3/c1-15-9(14)5-2-7(11)8(12-4-13)3-6(5)10/h2-4H,1H3,(H,12,13). The van der Waals surface area contributed by atoms with Gasteiger partial charge in [0.15, 0.2) is 0 Å². The molecule has 0 radical (unpaired) electrons. The van der Waals surface area contributed by atoms with Crippen molar-refractivity contribution in [3.8, 4) is 0 Å². The maximum absolute atomic E-state index is 13.2. The highest BCUT2D eigenvalue weighted by Gasteiger charge is 2.16. The SMILES string of the molecule is COC(=O)c1cc(F)c(NC=O)cc1F. The van der Waals surface area contributed by atoms with Gasteiger partial charge in [-0.1, -0.05) is 0 Å². The number of carbonyl (C=O) groups excluding carboxylic acids is 2. The van der Waals surface area contributed by atoms with E-state index in [4.69, 9.17) is 0 Å². The van der Waals surface area contributed by atoms with Gasteiger partial charge in [-0.15, -0.1) is 0 Å². The third kappa shape index (κ3) is 2.28. The minimum Gasteiger partial charge on any atom is -0.465 e. The number of esters is 1. The van der Waals surface area contributed by atoms with Gasteiger partial charge in [-0.05, 0) is 6.07 Å². The predicted octanol–water partition coefficient (Wildman–Crippen LogP) is 1.32. The van der Waals surface area contributed by atoms with Gasteiger partial charge >= 0.3 is 5.97 Å². The van der Waals surface area contributed by atoms with E-state index in [1.165, 1.54) is 0 Å². The molecule has 1 aromatic carbocycles. The van der Waals surface area contributed by atoms with Crippen molar-refractivity contribution in [2.45, 2.75) is 0 Å². The molecule has 0 bridgehead atoms. The van der Waals surface area contributed by atoms with Gasteiger partial charge in [-0.2, -0.15) is 0 Å². The van der Waals surface area contributed by atoms with Crippen LogP contribution in [-0.4, -0.2) is 19.5 Å². The molecule has 1 rings (SSSR count). The van der Waals surface area contributed by atoms with Crippen molar-refractivity contribution in [1.82, 2.24) is 0 Å². The summed E-state index contributed by atoms with van der Waals surface area (Å²) in [5.74, 6) is -2.86. The van der Waals surface area contributed by atoms with Crippen LogP contribution in [0.2, 0.25) is 0 Å². The van der Waals surface area contributed by atoms with Crippen molar-refractivity contribution in [3.05, 3.63) is 29.3 Å². The maximum Gasteiger partial charge on any atom is 0.340 e. The highest BCUT2D eigenvalue weighted by atomic mass is 19.1. The van der Waals surface area contributed by atoms with Crippen molar-refractivity contribution in [3.63, 3.8) is 0 Å². The number of hydrogen-bond acceptors (Lipinski definition) is 3. The van der Waals surface area contributed by atoms with Crippen LogP contribution in [0.3, 0.4) is 0 Å². The lowest BCUT2D eigenvalue weighted by Crippen LogP contribution is -2.07. The number of anilines is 1. The Morgan fingerprint density at radius 2 is 2.07 bits per heavy atom. The molecule has 0 fully saturated rings. The van der Waals surface area contributed by atoms with E-state index in [0.717, 1.165) is 7.11 Å².